The summed E-state index contributed by atoms with van der Waals surface area (Å²) in [5.74, 6) is 0.897. The first-order chi connectivity index (χ1) is 10.1. The number of nitrogens with zero attached hydrogens (tertiary/aromatic N) is 1. The van der Waals surface area contributed by atoms with Gasteiger partial charge in [0.2, 0.25) is 0 Å². The van der Waals surface area contributed by atoms with Crippen molar-refractivity contribution in [2.45, 2.75) is 32.2 Å². The van der Waals surface area contributed by atoms with Gasteiger partial charge in [0, 0.05) is 25.2 Å². The van der Waals surface area contributed by atoms with E-state index in [1.165, 1.54) is 5.56 Å². The molecule has 0 amide bonds. The van der Waals surface area contributed by atoms with Crippen molar-refractivity contribution < 1.29 is 9.47 Å². The quantitative estimate of drug-likeness (QED) is 0.673. The van der Waals surface area contributed by atoms with E-state index >= 15 is 0 Å². The number of ether oxygens (including phenoxy) is 2. The van der Waals surface area contributed by atoms with Crippen molar-refractivity contribution in [1.29, 1.82) is 0 Å². The monoisotopic (exact) mass is 294 g/mol. The lowest BCUT2D eigenvalue weighted by Gasteiger charge is -2.38. The SMILES string of the molecule is CCOCCN(C)C(C)(CN)CCc1ccc(OC)cc1. The van der Waals surface area contributed by atoms with E-state index in [0.717, 1.165) is 38.3 Å². The number of hydrogen-bond donors (Lipinski definition) is 1. The summed E-state index contributed by atoms with van der Waals surface area (Å²) in [7, 11) is 3.81. The molecule has 0 bridgehead atoms. The second-order valence-electron chi connectivity index (χ2n) is 5.67. The van der Waals surface area contributed by atoms with Crippen LogP contribution in [0.4, 0.5) is 0 Å². The first-order valence-corrected chi connectivity index (χ1v) is 7.67. The van der Waals surface area contributed by atoms with Crippen LogP contribution in [0.2, 0.25) is 0 Å². The Kier molecular flexibility index (Phi) is 7.72. The van der Waals surface area contributed by atoms with E-state index in [1.807, 2.05) is 19.1 Å². The van der Waals surface area contributed by atoms with Gasteiger partial charge in [0.15, 0.2) is 0 Å². The van der Waals surface area contributed by atoms with Crippen molar-refractivity contribution >= 4 is 0 Å². The van der Waals surface area contributed by atoms with Crippen molar-refractivity contribution in [2.75, 3.05) is 40.5 Å². The molecule has 1 rings (SSSR count). The van der Waals surface area contributed by atoms with E-state index in [4.69, 9.17) is 15.2 Å². The molecule has 0 aliphatic heterocycles. The predicted molar refractivity (Wildman–Crippen MR) is 87.9 cm³/mol. The van der Waals surface area contributed by atoms with Gasteiger partial charge >= 0.3 is 0 Å². The number of nitrogens with two attached hydrogens (primary N) is 1. The highest BCUT2D eigenvalue weighted by molar-refractivity contribution is 5.27. The summed E-state index contributed by atoms with van der Waals surface area (Å²) >= 11 is 0. The minimum Gasteiger partial charge on any atom is -0.497 e. The maximum atomic E-state index is 6.02. The fourth-order valence-electron chi connectivity index (χ4n) is 2.27. The number of benzene rings is 1. The van der Waals surface area contributed by atoms with Gasteiger partial charge in [0.25, 0.3) is 0 Å². The summed E-state index contributed by atoms with van der Waals surface area (Å²) in [5, 5.41) is 0. The maximum absolute atomic E-state index is 6.02. The van der Waals surface area contributed by atoms with E-state index < -0.39 is 0 Å². The number of hydrogen-bond acceptors (Lipinski definition) is 4. The van der Waals surface area contributed by atoms with E-state index in [0.29, 0.717) is 6.54 Å². The zero-order valence-electron chi connectivity index (χ0n) is 13.9. The van der Waals surface area contributed by atoms with Gasteiger partial charge < -0.3 is 15.2 Å². The minimum absolute atomic E-state index is 0.00295. The van der Waals surface area contributed by atoms with Gasteiger partial charge in [-0.05, 0) is 51.4 Å². The molecule has 1 atom stereocenters. The third-order valence-corrected chi connectivity index (χ3v) is 4.25. The molecule has 0 spiro atoms. The summed E-state index contributed by atoms with van der Waals surface area (Å²) in [6, 6.07) is 8.26. The molecule has 0 radical (unpaired) electrons. The Bertz CT molecular complexity index is 394. The molecule has 2 N–H and O–H groups in total. The maximum Gasteiger partial charge on any atom is 0.118 e. The van der Waals surface area contributed by atoms with Crippen LogP contribution in [0.3, 0.4) is 0 Å². The molecule has 0 fully saturated rings. The molecular formula is C17H30N2O2. The Morgan fingerprint density at radius 1 is 1.24 bits per heavy atom. The minimum atomic E-state index is -0.00295. The molecule has 0 aliphatic rings. The summed E-state index contributed by atoms with van der Waals surface area (Å²) in [4.78, 5) is 2.31. The molecule has 1 aromatic rings. The van der Waals surface area contributed by atoms with Crippen LogP contribution in [-0.4, -0.2) is 50.9 Å². The van der Waals surface area contributed by atoms with Crippen molar-refractivity contribution in [1.82, 2.24) is 4.90 Å². The number of likely N-dealkylation sites (N-methyl/N-ethyl adjacent to an activating group) is 1. The summed E-state index contributed by atoms with van der Waals surface area (Å²) in [5.41, 5.74) is 7.33. The second-order valence-corrected chi connectivity index (χ2v) is 5.67. The summed E-state index contributed by atoms with van der Waals surface area (Å²) in [6.07, 6.45) is 2.04. The van der Waals surface area contributed by atoms with Crippen LogP contribution in [0.25, 0.3) is 0 Å². The molecule has 21 heavy (non-hydrogen) atoms. The van der Waals surface area contributed by atoms with E-state index in [2.05, 4.69) is 31.0 Å². The first-order valence-electron chi connectivity index (χ1n) is 7.67. The average Bonchev–Trinajstić information content (AvgIpc) is 2.53. The lowest BCUT2D eigenvalue weighted by molar-refractivity contribution is 0.0719. The third kappa shape index (κ3) is 5.65. The lowest BCUT2D eigenvalue weighted by atomic mass is 9.91. The lowest BCUT2D eigenvalue weighted by Crippen LogP contribution is -2.51. The van der Waals surface area contributed by atoms with Crippen LogP contribution in [0.15, 0.2) is 24.3 Å². The summed E-state index contributed by atoms with van der Waals surface area (Å²) in [6.45, 7) is 7.31. The topological polar surface area (TPSA) is 47.7 Å². The number of rotatable bonds is 10. The van der Waals surface area contributed by atoms with Crippen molar-refractivity contribution in [3.8, 4) is 5.75 Å². The molecule has 1 aromatic carbocycles. The Hall–Kier alpha value is -1.10. The van der Waals surface area contributed by atoms with Gasteiger partial charge in [-0.2, -0.15) is 0 Å². The highest BCUT2D eigenvalue weighted by Gasteiger charge is 2.27. The largest absolute Gasteiger partial charge is 0.497 e. The zero-order valence-corrected chi connectivity index (χ0v) is 13.9. The fraction of sp³-hybridized carbons (Fsp3) is 0.647. The van der Waals surface area contributed by atoms with Crippen LogP contribution in [0.5, 0.6) is 5.75 Å². The molecule has 0 saturated carbocycles. The van der Waals surface area contributed by atoms with Crippen LogP contribution < -0.4 is 10.5 Å². The molecule has 4 heteroatoms. The van der Waals surface area contributed by atoms with E-state index in [-0.39, 0.29) is 5.54 Å². The normalized spacial score (nSPS) is 14.2. The molecule has 1 unspecified atom stereocenters. The predicted octanol–water partition coefficient (Wildman–Crippen LogP) is 2.31. The average molecular weight is 294 g/mol. The standard InChI is InChI=1S/C17H30N2O2/c1-5-21-13-12-19(3)17(2,14-18)11-10-15-6-8-16(20-4)9-7-15/h6-9H,5,10-14,18H2,1-4H3. The van der Waals surface area contributed by atoms with Crippen molar-refractivity contribution in [3.63, 3.8) is 0 Å². The highest BCUT2D eigenvalue weighted by Crippen LogP contribution is 2.20. The van der Waals surface area contributed by atoms with Crippen LogP contribution in [0, 0.1) is 0 Å². The number of aryl methyl sites for hydroxylation is 1. The van der Waals surface area contributed by atoms with Gasteiger partial charge in [-0.1, -0.05) is 12.1 Å². The highest BCUT2D eigenvalue weighted by atomic mass is 16.5. The molecule has 4 nitrogen and oxygen atoms in total. The van der Waals surface area contributed by atoms with E-state index in [9.17, 15) is 0 Å². The van der Waals surface area contributed by atoms with Crippen molar-refractivity contribution in [2.24, 2.45) is 5.73 Å². The van der Waals surface area contributed by atoms with E-state index in [1.54, 1.807) is 7.11 Å². The van der Waals surface area contributed by atoms with Gasteiger partial charge in [0.1, 0.15) is 5.75 Å². The Labute approximate surface area is 129 Å². The molecule has 120 valence electrons. The Morgan fingerprint density at radius 2 is 1.90 bits per heavy atom. The zero-order chi connectivity index (χ0) is 15.7. The second kappa shape index (κ2) is 9.03. The smallest absolute Gasteiger partial charge is 0.118 e. The molecule has 0 heterocycles. The molecule has 0 saturated heterocycles. The Balaban J connectivity index is 2.54. The third-order valence-electron chi connectivity index (χ3n) is 4.25. The van der Waals surface area contributed by atoms with Gasteiger partial charge in [-0.15, -0.1) is 0 Å². The fourth-order valence-corrected chi connectivity index (χ4v) is 2.27. The van der Waals surface area contributed by atoms with Crippen LogP contribution >= 0.6 is 0 Å². The van der Waals surface area contributed by atoms with Crippen LogP contribution in [-0.2, 0) is 11.2 Å². The number of methoxy groups -OCH3 is 1. The molecular weight excluding hydrogens is 264 g/mol. The summed E-state index contributed by atoms with van der Waals surface area (Å²) < 4.78 is 10.6. The van der Waals surface area contributed by atoms with Crippen LogP contribution in [0.1, 0.15) is 25.8 Å². The molecule has 0 aliphatic carbocycles. The Morgan fingerprint density at radius 3 is 2.43 bits per heavy atom. The molecule has 0 aromatic heterocycles. The first kappa shape index (κ1) is 18.0. The van der Waals surface area contributed by atoms with Gasteiger partial charge in [-0.3, -0.25) is 4.90 Å². The van der Waals surface area contributed by atoms with Gasteiger partial charge in [-0.25, -0.2) is 0 Å². The van der Waals surface area contributed by atoms with Gasteiger partial charge in [0.05, 0.1) is 13.7 Å². The van der Waals surface area contributed by atoms with Crippen molar-refractivity contribution in [3.05, 3.63) is 29.8 Å².